The minimum atomic E-state index is 0.180. The summed E-state index contributed by atoms with van der Waals surface area (Å²) in [6, 6.07) is 2.07. The Bertz CT molecular complexity index is 385. The van der Waals surface area contributed by atoms with E-state index in [-0.39, 0.29) is 17.9 Å². The lowest BCUT2D eigenvalue weighted by molar-refractivity contribution is -0.139. The minimum absolute atomic E-state index is 0.180. The van der Waals surface area contributed by atoms with E-state index in [9.17, 15) is 4.79 Å². The van der Waals surface area contributed by atoms with Gasteiger partial charge in [-0.2, -0.15) is 0 Å². The Morgan fingerprint density at radius 2 is 2.00 bits per heavy atom. The van der Waals surface area contributed by atoms with Crippen molar-refractivity contribution in [1.29, 1.82) is 0 Å². The molecule has 18 heavy (non-hydrogen) atoms. The highest BCUT2D eigenvalue weighted by Crippen LogP contribution is 2.18. The zero-order valence-corrected chi connectivity index (χ0v) is 11.0. The van der Waals surface area contributed by atoms with Crippen LogP contribution >= 0.6 is 0 Å². The maximum absolute atomic E-state index is 12.1. The molecule has 2 heterocycles. The Morgan fingerprint density at radius 1 is 1.39 bits per heavy atom. The van der Waals surface area contributed by atoms with Gasteiger partial charge in [-0.15, -0.1) is 0 Å². The number of carbonyl (C=O) groups excluding carboxylic acids is 1. The normalized spacial score (nSPS) is 15.6. The average Bonchev–Trinajstić information content (AvgIpc) is 2.36. The lowest BCUT2D eigenvalue weighted by Crippen LogP contribution is -2.58. The lowest BCUT2D eigenvalue weighted by atomic mass is 9.98. The monoisotopic (exact) mass is 248 g/mol. The van der Waals surface area contributed by atoms with Crippen molar-refractivity contribution in [2.45, 2.75) is 32.7 Å². The molecule has 1 N–H and O–H groups in total. The van der Waals surface area contributed by atoms with Gasteiger partial charge in [0.15, 0.2) is 0 Å². The summed E-state index contributed by atoms with van der Waals surface area (Å²) >= 11 is 0. The number of amides is 1. The molecule has 0 aromatic carbocycles. The number of anilines is 1. The molecule has 5 nitrogen and oxygen atoms in total. The molecular weight excluding hydrogens is 228 g/mol. The summed E-state index contributed by atoms with van der Waals surface area (Å²) in [5, 5.41) is 3.22. The van der Waals surface area contributed by atoms with Crippen LogP contribution in [0.2, 0.25) is 0 Å². The molecule has 1 fully saturated rings. The third-order valence-corrected chi connectivity index (χ3v) is 3.43. The van der Waals surface area contributed by atoms with Gasteiger partial charge in [-0.05, 0) is 18.9 Å². The molecule has 5 heteroatoms. The molecule has 1 aromatic rings. The van der Waals surface area contributed by atoms with Gasteiger partial charge < -0.3 is 10.2 Å². The lowest BCUT2D eigenvalue weighted by Gasteiger charge is -2.41. The number of nitrogens with one attached hydrogen (secondary N) is 1. The van der Waals surface area contributed by atoms with Crippen molar-refractivity contribution >= 4 is 11.9 Å². The van der Waals surface area contributed by atoms with Crippen molar-refractivity contribution in [1.82, 2.24) is 14.9 Å². The number of nitrogens with zero attached hydrogens (tertiary/aromatic N) is 3. The Morgan fingerprint density at radius 3 is 2.56 bits per heavy atom. The molecule has 1 aliphatic rings. The molecule has 1 amide bonds. The Balaban J connectivity index is 1.79. The van der Waals surface area contributed by atoms with Crippen molar-refractivity contribution in [2.75, 3.05) is 18.4 Å². The fourth-order valence-corrected chi connectivity index (χ4v) is 2.20. The van der Waals surface area contributed by atoms with Crippen LogP contribution in [0, 0.1) is 5.92 Å². The number of hydrogen-bond acceptors (Lipinski definition) is 4. The molecule has 0 spiro atoms. The number of hydrogen-bond donors (Lipinski definition) is 1. The molecule has 2 rings (SSSR count). The molecule has 0 bridgehead atoms. The van der Waals surface area contributed by atoms with Crippen molar-refractivity contribution in [3.8, 4) is 0 Å². The van der Waals surface area contributed by atoms with Crippen molar-refractivity contribution in [3.05, 3.63) is 18.5 Å². The zero-order chi connectivity index (χ0) is 13.0. The van der Waals surface area contributed by atoms with Crippen LogP contribution in [0.25, 0.3) is 0 Å². The van der Waals surface area contributed by atoms with E-state index in [1.54, 1.807) is 18.5 Å². The summed E-state index contributed by atoms with van der Waals surface area (Å²) in [6.45, 7) is 5.65. The molecule has 0 aliphatic carbocycles. The topological polar surface area (TPSA) is 58.1 Å². The number of likely N-dealkylation sites (tertiary alicyclic amines) is 1. The van der Waals surface area contributed by atoms with Crippen LogP contribution in [0.3, 0.4) is 0 Å². The van der Waals surface area contributed by atoms with E-state index in [4.69, 9.17) is 0 Å². The van der Waals surface area contributed by atoms with Crippen LogP contribution in [-0.2, 0) is 4.79 Å². The average molecular weight is 248 g/mol. The van der Waals surface area contributed by atoms with E-state index in [1.807, 2.05) is 4.90 Å². The first-order chi connectivity index (χ1) is 8.74. The second kappa shape index (κ2) is 5.80. The molecule has 98 valence electrons. The highest BCUT2D eigenvalue weighted by molar-refractivity contribution is 5.79. The van der Waals surface area contributed by atoms with Gasteiger partial charge in [-0.1, -0.05) is 13.8 Å². The maximum Gasteiger partial charge on any atom is 0.225 e. The summed E-state index contributed by atoms with van der Waals surface area (Å²) in [5.41, 5.74) is 0. The maximum atomic E-state index is 12.1. The summed E-state index contributed by atoms with van der Waals surface area (Å²) in [5.74, 6) is 1.10. The predicted molar refractivity (Wildman–Crippen MR) is 70.1 cm³/mol. The quantitative estimate of drug-likeness (QED) is 0.858. The number of carbonyl (C=O) groups is 1. The van der Waals surface area contributed by atoms with Crippen molar-refractivity contribution < 1.29 is 4.79 Å². The highest BCUT2D eigenvalue weighted by Gasteiger charge is 2.33. The predicted octanol–water partition coefficient (Wildman–Crippen LogP) is 1.54. The number of rotatable bonds is 5. The van der Waals surface area contributed by atoms with Gasteiger partial charge in [-0.3, -0.25) is 4.79 Å². The fourth-order valence-electron chi connectivity index (χ4n) is 2.20. The van der Waals surface area contributed by atoms with Crippen molar-refractivity contribution in [3.63, 3.8) is 0 Å². The first kappa shape index (κ1) is 12.8. The van der Waals surface area contributed by atoms with Crippen LogP contribution in [0.4, 0.5) is 5.95 Å². The summed E-state index contributed by atoms with van der Waals surface area (Å²) < 4.78 is 0. The second-order valence-electron chi connectivity index (χ2n) is 4.67. The highest BCUT2D eigenvalue weighted by atomic mass is 16.2. The molecule has 1 aliphatic heterocycles. The number of aromatic nitrogens is 2. The zero-order valence-electron chi connectivity index (χ0n) is 11.0. The molecule has 0 atom stereocenters. The summed E-state index contributed by atoms with van der Waals surface area (Å²) in [4.78, 5) is 22.2. The van der Waals surface area contributed by atoms with E-state index in [1.165, 1.54) is 0 Å². The molecule has 0 saturated carbocycles. The van der Waals surface area contributed by atoms with Crippen LogP contribution in [-0.4, -0.2) is 39.9 Å². The van der Waals surface area contributed by atoms with Gasteiger partial charge in [0.1, 0.15) is 0 Å². The van der Waals surface area contributed by atoms with Crippen LogP contribution < -0.4 is 5.32 Å². The fraction of sp³-hybridized carbons (Fsp3) is 0.615. The standard InChI is InChI=1S/C13H20N4O/c1-3-10(4-2)12(18)17-8-11(9-17)16-13-14-6-5-7-15-13/h5-7,10-11H,3-4,8-9H2,1-2H3,(H,14,15,16). The minimum Gasteiger partial charge on any atom is -0.348 e. The van der Waals surface area contributed by atoms with Gasteiger partial charge in [-0.25, -0.2) is 9.97 Å². The van der Waals surface area contributed by atoms with Crippen LogP contribution in [0.1, 0.15) is 26.7 Å². The first-order valence-corrected chi connectivity index (χ1v) is 6.57. The second-order valence-corrected chi connectivity index (χ2v) is 4.67. The van der Waals surface area contributed by atoms with E-state index in [0.717, 1.165) is 25.9 Å². The molecule has 1 aromatic heterocycles. The first-order valence-electron chi connectivity index (χ1n) is 6.57. The van der Waals surface area contributed by atoms with Crippen LogP contribution in [0.5, 0.6) is 0 Å². The van der Waals surface area contributed by atoms with Crippen molar-refractivity contribution in [2.24, 2.45) is 5.92 Å². The largest absolute Gasteiger partial charge is 0.348 e. The molecular formula is C13H20N4O. The van der Waals surface area contributed by atoms with E-state index >= 15 is 0 Å². The molecule has 1 saturated heterocycles. The third kappa shape index (κ3) is 2.78. The van der Waals surface area contributed by atoms with Gasteiger partial charge in [0.25, 0.3) is 0 Å². The summed E-state index contributed by atoms with van der Waals surface area (Å²) in [6.07, 6.45) is 5.26. The Kier molecular flexibility index (Phi) is 4.12. The van der Waals surface area contributed by atoms with Gasteiger partial charge in [0.05, 0.1) is 6.04 Å². The van der Waals surface area contributed by atoms with E-state index in [2.05, 4.69) is 29.1 Å². The summed E-state index contributed by atoms with van der Waals surface area (Å²) in [7, 11) is 0. The van der Waals surface area contributed by atoms with Gasteiger partial charge >= 0.3 is 0 Å². The van der Waals surface area contributed by atoms with Crippen LogP contribution in [0.15, 0.2) is 18.5 Å². The Hall–Kier alpha value is -1.65. The van der Waals surface area contributed by atoms with E-state index < -0.39 is 0 Å². The van der Waals surface area contributed by atoms with E-state index in [0.29, 0.717) is 5.95 Å². The van der Waals surface area contributed by atoms with Gasteiger partial charge in [0, 0.05) is 31.4 Å². The molecule has 0 unspecified atom stereocenters. The van der Waals surface area contributed by atoms with Gasteiger partial charge in [0.2, 0.25) is 11.9 Å². The third-order valence-electron chi connectivity index (χ3n) is 3.43. The SMILES string of the molecule is CCC(CC)C(=O)N1CC(Nc2ncccn2)C1. The Labute approximate surface area is 108 Å². The molecule has 0 radical (unpaired) electrons. The smallest absolute Gasteiger partial charge is 0.225 e.